The first kappa shape index (κ1) is 21.8. The molecule has 25 heavy (non-hydrogen) atoms. The van der Waals surface area contributed by atoms with Crippen molar-refractivity contribution in [2.24, 2.45) is 5.73 Å². The summed E-state index contributed by atoms with van der Waals surface area (Å²) in [5.41, 5.74) is 9.04. The number of rotatable bonds is 7. The van der Waals surface area contributed by atoms with Crippen molar-refractivity contribution in [3.63, 3.8) is 0 Å². The molecule has 2 aromatic rings. The van der Waals surface area contributed by atoms with E-state index in [0.29, 0.717) is 23.0 Å². The summed E-state index contributed by atoms with van der Waals surface area (Å²) in [6, 6.07) is 13.4. The number of benzene rings is 2. The number of halogens is 3. The molecule has 2 aromatic carbocycles. The molecule has 0 aliphatic rings. The van der Waals surface area contributed by atoms with Crippen molar-refractivity contribution in [1.82, 2.24) is 5.32 Å². The Morgan fingerprint density at radius 1 is 1.08 bits per heavy atom. The lowest BCUT2D eigenvalue weighted by molar-refractivity contribution is -0.122. The van der Waals surface area contributed by atoms with Gasteiger partial charge in [0, 0.05) is 6.54 Å². The molecule has 3 N–H and O–H groups in total. The zero-order valence-corrected chi connectivity index (χ0v) is 16.4. The van der Waals surface area contributed by atoms with Gasteiger partial charge in [-0.25, -0.2) is 0 Å². The first-order valence-electron chi connectivity index (χ1n) is 8.09. The van der Waals surface area contributed by atoms with E-state index in [1.165, 1.54) is 0 Å². The summed E-state index contributed by atoms with van der Waals surface area (Å²) < 4.78 is 0. The molecule has 0 saturated heterocycles. The summed E-state index contributed by atoms with van der Waals surface area (Å²) in [5.74, 6) is -0.0794. The molecule has 1 unspecified atom stereocenters. The first-order chi connectivity index (χ1) is 11.5. The quantitative estimate of drug-likeness (QED) is 0.695. The average Bonchev–Trinajstić information content (AvgIpc) is 2.58. The van der Waals surface area contributed by atoms with E-state index in [1.54, 1.807) is 6.07 Å². The molecule has 1 amide bonds. The maximum atomic E-state index is 11.8. The van der Waals surface area contributed by atoms with Crippen molar-refractivity contribution in [2.75, 3.05) is 6.54 Å². The van der Waals surface area contributed by atoms with E-state index in [2.05, 4.69) is 17.4 Å². The van der Waals surface area contributed by atoms with E-state index in [1.807, 2.05) is 31.2 Å². The molecule has 1 atom stereocenters. The highest BCUT2D eigenvalue weighted by molar-refractivity contribution is 6.42. The Hall–Kier alpha value is -1.26. The van der Waals surface area contributed by atoms with Gasteiger partial charge < -0.3 is 11.1 Å². The zero-order valence-electron chi connectivity index (χ0n) is 14.1. The zero-order chi connectivity index (χ0) is 17.5. The third kappa shape index (κ3) is 6.52. The highest BCUT2D eigenvalue weighted by Crippen LogP contribution is 2.28. The van der Waals surface area contributed by atoms with Gasteiger partial charge in [0.25, 0.3) is 0 Å². The van der Waals surface area contributed by atoms with Crippen molar-refractivity contribution in [2.45, 2.75) is 32.2 Å². The second-order valence-corrected chi connectivity index (χ2v) is 6.58. The van der Waals surface area contributed by atoms with Crippen molar-refractivity contribution in [1.29, 1.82) is 0 Å². The summed E-state index contributed by atoms with van der Waals surface area (Å²) in [7, 11) is 0. The Morgan fingerprint density at radius 2 is 1.72 bits per heavy atom. The van der Waals surface area contributed by atoms with Gasteiger partial charge >= 0.3 is 0 Å². The summed E-state index contributed by atoms with van der Waals surface area (Å²) in [6.07, 6.45) is 2.39. The lowest BCUT2D eigenvalue weighted by atomic mass is 10.0. The van der Waals surface area contributed by atoms with Gasteiger partial charge in [-0.1, -0.05) is 66.9 Å². The average molecular weight is 402 g/mol. The molecule has 0 bridgehead atoms. The maximum Gasteiger partial charge on any atom is 0.236 e. The van der Waals surface area contributed by atoms with Gasteiger partial charge in [-0.2, -0.15) is 0 Å². The van der Waals surface area contributed by atoms with Crippen molar-refractivity contribution in [3.8, 4) is 11.1 Å². The number of hydrogen-bond donors (Lipinski definition) is 2. The molecule has 136 valence electrons. The predicted octanol–water partition coefficient (Wildman–Crippen LogP) is 4.87. The molecule has 0 aromatic heterocycles. The van der Waals surface area contributed by atoms with Crippen LogP contribution in [0.15, 0.2) is 42.5 Å². The largest absolute Gasteiger partial charge is 0.354 e. The monoisotopic (exact) mass is 400 g/mol. The van der Waals surface area contributed by atoms with Crippen molar-refractivity contribution in [3.05, 3.63) is 58.1 Å². The van der Waals surface area contributed by atoms with Crippen LogP contribution < -0.4 is 11.1 Å². The Balaban J connectivity index is 0.00000312. The Morgan fingerprint density at radius 3 is 2.32 bits per heavy atom. The van der Waals surface area contributed by atoms with E-state index in [9.17, 15) is 4.79 Å². The third-order valence-corrected chi connectivity index (χ3v) is 4.60. The summed E-state index contributed by atoms with van der Waals surface area (Å²) in [6.45, 7) is 2.60. The minimum absolute atomic E-state index is 0. The fourth-order valence-corrected chi connectivity index (χ4v) is 2.74. The molecule has 0 saturated carbocycles. The van der Waals surface area contributed by atoms with Crippen LogP contribution in [-0.4, -0.2) is 18.5 Å². The molecule has 0 spiro atoms. The second kappa shape index (κ2) is 10.7. The molecule has 2 rings (SSSR count). The minimum Gasteiger partial charge on any atom is -0.354 e. The molecular weight excluding hydrogens is 379 g/mol. The summed E-state index contributed by atoms with van der Waals surface area (Å²) >= 11 is 12.0. The van der Waals surface area contributed by atoms with Crippen LogP contribution >= 0.6 is 35.6 Å². The number of nitrogens with two attached hydrogens (primary N) is 1. The highest BCUT2D eigenvalue weighted by atomic mass is 35.5. The van der Waals surface area contributed by atoms with Gasteiger partial charge in [0.15, 0.2) is 0 Å². The Bertz CT molecular complexity index is 690. The van der Waals surface area contributed by atoms with E-state index in [0.717, 1.165) is 29.5 Å². The van der Waals surface area contributed by atoms with Crippen LogP contribution in [0.1, 0.15) is 25.3 Å². The van der Waals surface area contributed by atoms with Crippen molar-refractivity contribution < 1.29 is 4.79 Å². The summed E-state index contributed by atoms with van der Waals surface area (Å²) in [4.78, 5) is 11.8. The Labute approximate surface area is 165 Å². The van der Waals surface area contributed by atoms with Crippen LogP contribution in [-0.2, 0) is 11.2 Å². The molecule has 0 fully saturated rings. The van der Waals surface area contributed by atoms with Crippen LogP contribution in [0.3, 0.4) is 0 Å². The van der Waals surface area contributed by atoms with Gasteiger partial charge in [0.1, 0.15) is 0 Å². The standard InChI is InChI=1S/C19H22Cl2N2O.ClH/c1-2-3-18(22)19(24)23-11-10-13-4-6-14(7-5-13)15-8-9-16(20)17(21)12-15;/h4-9,12,18H,2-3,10-11,22H2,1H3,(H,23,24);1H. The smallest absolute Gasteiger partial charge is 0.236 e. The predicted molar refractivity (Wildman–Crippen MR) is 109 cm³/mol. The van der Waals surface area contributed by atoms with Crippen molar-refractivity contribution >= 4 is 41.5 Å². The molecule has 0 aliphatic carbocycles. The number of nitrogens with one attached hydrogen (secondary N) is 1. The molecule has 0 aliphatic heterocycles. The van der Waals surface area contributed by atoms with E-state index in [4.69, 9.17) is 28.9 Å². The number of hydrogen-bond acceptors (Lipinski definition) is 2. The van der Waals surface area contributed by atoms with E-state index < -0.39 is 6.04 Å². The third-order valence-electron chi connectivity index (χ3n) is 3.86. The fourth-order valence-electron chi connectivity index (χ4n) is 2.44. The highest BCUT2D eigenvalue weighted by Gasteiger charge is 2.11. The lowest BCUT2D eigenvalue weighted by Crippen LogP contribution is -2.41. The lowest BCUT2D eigenvalue weighted by Gasteiger charge is -2.11. The van der Waals surface area contributed by atoms with Gasteiger partial charge in [0.05, 0.1) is 16.1 Å². The first-order valence-corrected chi connectivity index (χ1v) is 8.84. The molecule has 3 nitrogen and oxygen atoms in total. The minimum atomic E-state index is -0.410. The topological polar surface area (TPSA) is 55.1 Å². The fraction of sp³-hybridized carbons (Fsp3) is 0.316. The molecular formula is C19H23Cl3N2O. The van der Waals surface area contributed by atoms with Crippen LogP contribution in [0.25, 0.3) is 11.1 Å². The van der Waals surface area contributed by atoms with Gasteiger partial charge in [0.2, 0.25) is 5.91 Å². The van der Waals surface area contributed by atoms with Crippen LogP contribution in [0.4, 0.5) is 0 Å². The molecule has 0 radical (unpaired) electrons. The van der Waals surface area contributed by atoms with E-state index >= 15 is 0 Å². The number of carbonyl (C=O) groups excluding carboxylic acids is 1. The Kier molecular flexibility index (Phi) is 9.30. The van der Waals surface area contributed by atoms with E-state index in [-0.39, 0.29) is 18.3 Å². The van der Waals surface area contributed by atoms with Crippen LogP contribution in [0.2, 0.25) is 10.0 Å². The van der Waals surface area contributed by atoms with Gasteiger partial charge in [-0.05, 0) is 41.7 Å². The SMILES string of the molecule is CCCC(N)C(=O)NCCc1ccc(-c2ccc(Cl)c(Cl)c2)cc1.Cl. The maximum absolute atomic E-state index is 11.8. The molecule has 0 heterocycles. The number of carbonyl (C=O) groups is 1. The normalized spacial score (nSPS) is 11.5. The summed E-state index contributed by atoms with van der Waals surface area (Å²) in [5, 5.41) is 3.98. The van der Waals surface area contributed by atoms with Gasteiger partial charge in [-0.15, -0.1) is 12.4 Å². The number of amides is 1. The van der Waals surface area contributed by atoms with Crippen LogP contribution in [0, 0.1) is 0 Å². The van der Waals surface area contributed by atoms with Gasteiger partial charge in [-0.3, -0.25) is 4.79 Å². The molecule has 6 heteroatoms. The van der Waals surface area contributed by atoms with Crippen LogP contribution in [0.5, 0.6) is 0 Å². The second-order valence-electron chi connectivity index (χ2n) is 5.76.